The van der Waals surface area contributed by atoms with Crippen LogP contribution < -0.4 is 0 Å². The molecular formula is C10H8O6S. The van der Waals surface area contributed by atoms with E-state index in [9.17, 15) is 28.8 Å². The van der Waals surface area contributed by atoms with Crippen molar-refractivity contribution in [1.29, 1.82) is 0 Å². The van der Waals surface area contributed by atoms with Gasteiger partial charge in [0.1, 0.15) is 0 Å². The maximum Gasteiger partial charge on any atom is 0.261 e. The number of hydrogen-bond acceptors (Lipinski definition) is 6. The van der Waals surface area contributed by atoms with Crippen LogP contribution in [0.25, 0.3) is 5.76 Å². The molecule has 17 heavy (non-hydrogen) atoms. The fourth-order valence-corrected chi connectivity index (χ4v) is 2.74. The van der Waals surface area contributed by atoms with E-state index < -0.39 is 37.1 Å². The van der Waals surface area contributed by atoms with Crippen molar-refractivity contribution in [3.8, 4) is 0 Å². The van der Waals surface area contributed by atoms with Crippen molar-refractivity contribution in [3.63, 3.8) is 0 Å². The van der Waals surface area contributed by atoms with Gasteiger partial charge in [0.15, 0.2) is 5.76 Å². The minimum Gasteiger partial charge on any atom is -0.504 e. The highest BCUT2D eigenvalue weighted by molar-refractivity contribution is 7.95. The summed E-state index contributed by atoms with van der Waals surface area (Å²) in [6, 6.07) is 5.21. The third kappa shape index (κ3) is 1.43. The van der Waals surface area contributed by atoms with E-state index in [0.29, 0.717) is 0 Å². The van der Waals surface area contributed by atoms with Crippen LogP contribution in [0.15, 0.2) is 45.8 Å². The number of sulfone groups is 1. The van der Waals surface area contributed by atoms with Crippen molar-refractivity contribution in [2.45, 2.75) is 4.90 Å². The third-order valence-electron chi connectivity index (χ3n) is 2.34. The first-order chi connectivity index (χ1) is 7.87. The Hall–Kier alpha value is -2.15. The maximum atomic E-state index is 11.8. The highest BCUT2D eigenvalue weighted by Gasteiger charge is 2.34. The molecule has 1 aromatic rings. The summed E-state index contributed by atoms with van der Waals surface area (Å²) in [7, 11) is -4.35. The maximum absolute atomic E-state index is 11.8. The number of aliphatic hydroxyl groups is 4. The smallest absolute Gasteiger partial charge is 0.261 e. The first kappa shape index (κ1) is 11.3. The first-order valence-electron chi connectivity index (χ1n) is 4.46. The fraction of sp³-hybridized carbons (Fsp3) is 0. The Morgan fingerprint density at radius 3 is 2.06 bits per heavy atom. The van der Waals surface area contributed by atoms with Crippen LogP contribution in [-0.2, 0) is 9.84 Å². The van der Waals surface area contributed by atoms with E-state index in [2.05, 4.69) is 0 Å². The molecule has 0 saturated carbocycles. The summed E-state index contributed by atoms with van der Waals surface area (Å²) < 4.78 is 23.6. The molecule has 0 fully saturated rings. The Kier molecular flexibility index (Phi) is 2.28. The number of hydrogen-bond donors (Lipinski definition) is 4. The molecule has 0 aromatic heterocycles. The molecule has 6 nitrogen and oxygen atoms in total. The minimum absolute atomic E-state index is 0.194. The van der Waals surface area contributed by atoms with Gasteiger partial charge in [-0.05, 0) is 12.1 Å². The second-order valence-electron chi connectivity index (χ2n) is 3.35. The topological polar surface area (TPSA) is 115 Å². The van der Waals surface area contributed by atoms with E-state index >= 15 is 0 Å². The van der Waals surface area contributed by atoms with Gasteiger partial charge >= 0.3 is 0 Å². The van der Waals surface area contributed by atoms with Crippen LogP contribution in [0, 0.1) is 0 Å². The van der Waals surface area contributed by atoms with Gasteiger partial charge in [0.2, 0.25) is 21.4 Å². The molecule has 90 valence electrons. The molecule has 4 N–H and O–H groups in total. The summed E-state index contributed by atoms with van der Waals surface area (Å²) in [4.78, 5) is -0.398. The molecule has 0 bridgehead atoms. The molecular weight excluding hydrogens is 248 g/mol. The SMILES string of the molecule is O=S1(=O)C(O)=C(O)C(O)=C(O)c2ccccc21. The number of aliphatic hydroxyl groups excluding tert-OH is 4. The monoisotopic (exact) mass is 256 g/mol. The molecule has 0 unspecified atom stereocenters. The van der Waals surface area contributed by atoms with Crippen molar-refractivity contribution < 1.29 is 28.8 Å². The average Bonchev–Trinajstić information content (AvgIpc) is 2.38. The standard InChI is InChI=1S/C10H8O6S/c11-7-5-3-1-2-4-6(5)17(15,16)10(14)9(13)8(7)12/h1-4,11-14H. The van der Waals surface area contributed by atoms with Gasteiger partial charge in [-0.15, -0.1) is 0 Å². The summed E-state index contributed by atoms with van der Waals surface area (Å²) in [6.07, 6.45) is 0. The zero-order valence-electron chi connectivity index (χ0n) is 8.32. The van der Waals surface area contributed by atoms with Gasteiger partial charge in [-0.3, -0.25) is 0 Å². The lowest BCUT2D eigenvalue weighted by molar-refractivity contribution is 0.289. The van der Waals surface area contributed by atoms with Crippen LogP contribution in [0.4, 0.5) is 0 Å². The van der Waals surface area contributed by atoms with Crippen LogP contribution in [0.2, 0.25) is 0 Å². The molecule has 0 aliphatic carbocycles. The third-order valence-corrected chi connectivity index (χ3v) is 3.97. The number of rotatable bonds is 0. The molecule has 7 heteroatoms. The zero-order chi connectivity index (χ0) is 12.8. The first-order valence-corrected chi connectivity index (χ1v) is 5.95. The summed E-state index contributed by atoms with van der Waals surface area (Å²) in [5.74, 6) is -3.18. The van der Waals surface area contributed by atoms with Gasteiger partial charge in [-0.2, -0.15) is 0 Å². The quantitative estimate of drug-likeness (QED) is 0.559. The lowest BCUT2D eigenvalue weighted by Crippen LogP contribution is -2.07. The lowest BCUT2D eigenvalue weighted by Gasteiger charge is -2.05. The highest BCUT2D eigenvalue weighted by atomic mass is 32.2. The second kappa shape index (κ2) is 3.42. The Bertz CT molecular complexity index is 653. The van der Waals surface area contributed by atoms with E-state index in [-0.39, 0.29) is 5.56 Å². The van der Waals surface area contributed by atoms with Gasteiger partial charge in [0, 0.05) is 5.56 Å². The Balaban J connectivity index is 2.98. The molecule has 0 saturated heterocycles. The largest absolute Gasteiger partial charge is 0.504 e. The summed E-state index contributed by atoms with van der Waals surface area (Å²) in [5.41, 5.74) is -0.194. The van der Waals surface area contributed by atoms with Gasteiger partial charge in [0.05, 0.1) is 4.90 Å². The Morgan fingerprint density at radius 2 is 1.41 bits per heavy atom. The van der Waals surface area contributed by atoms with E-state index in [1.165, 1.54) is 18.2 Å². The van der Waals surface area contributed by atoms with Gasteiger partial charge in [-0.25, -0.2) is 8.42 Å². The van der Waals surface area contributed by atoms with Gasteiger partial charge in [-0.1, -0.05) is 12.1 Å². The molecule has 0 spiro atoms. The van der Waals surface area contributed by atoms with Crippen LogP contribution in [0.5, 0.6) is 0 Å². The van der Waals surface area contributed by atoms with E-state index in [4.69, 9.17) is 0 Å². The van der Waals surface area contributed by atoms with Crippen LogP contribution in [-0.4, -0.2) is 28.8 Å². The molecule has 1 aliphatic heterocycles. The van der Waals surface area contributed by atoms with Crippen molar-refractivity contribution in [3.05, 3.63) is 46.4 Å². The Morgan fingerprint density at radius 1 is 0.824 bits per heavy atom. The minimum atomic E-state index is -4.35. The number of fused-ring (bicyclic) bond motifs is 1. The molecule has 0 atom stereocenters. The van der Waals surface area contributed by atoms with Crippen molar-refractivity contribution >= 4 is 15.6 Å². The van der Waals surface area contributed by atoms with E-state index in [1.807, 2.05) is 0 Å². The number of benzene rings is 1. The van der Waals surface area contributed by atoms with Crippen molar-refractivity contribution in [2.75, 3.05) is 0 Å². The fourth-order valence-electron chi connectivity index (χ4n) is 1.47. The predicted molar refractivity (Wildman–Crippen MR) is 58.1 cm³/mol. The van der Waals surface area contributed by atoms with E-state index in [0.717, 1.165) is 6.07 Å². The highest BCUT2D eigenvalue weighted by Crippen LogP contribution is 2.33. The molecule has 1 aliphatic rings. The zero-order valence-corrected chi connectivity index (χ0v) is 9.14. The van der Waals surface area contributed by atoms with Crippen molar-refractivity contribution in [1.82, 2.24) is 0 Å². The Labute approximate surface area is 96.3 Å². The second-order valence-corrected chi connectivity index (χ2v) is 5.18. The van der Waals surface area contributed by atoms with Crippen LogP contribution in [0.1, 0.15) is 5.56 Å². The lowest BCUT2D eigenvalue weighted by atomic mass is 10.1. The molecule has 0 amide bonds. The van der Waals surface area contributed by atoms with Gasteiger partial charge < -0.3 is 20.4 Å². The average molecular weight is 256 g/mol. The summed E-state index contributed by atoms with van der Waals surface area (Å²) >= 11 is 0. The summed E-state index contributed by atoms with van der Waals surface area (Å²) in [6.45, 7) is 0. The van der Waals surface area contributed by atoms with Gasteiger partial charge in [0.25, 0.3) is 5.09 Å². The van der Waals surface area contributed by atoms with Crippen LogP contribution in [0.3, 0.4) is 0 Å². The van der Waals surface area contributed by atoms with Crippen LogP contribution >= 0.6 is 0 Å². The molecule has 2 rings (SSSR count). The molecule has 1 aromatic carbocycles. The predicted octanol–water partition coefficient (Wildman–Crippen LogP) is 1.54. The molecule has 1 heterocycles. The van der Waals surface area contributed by atoms with E-state index in [1.54, 1.807) is 0 Å². The molecule has 0 radical (unpaired) electrons. The van der Waals surface area contributed by atoms with Crippen molar-refractivity contribution in [2.24, 2.45) is 0 Å². The normalized spacial score (nSPS) is 18.8. The summed E-state index contributed by atoms with van der Waals surface area (Å²) in [5, 5.41) is 36.2.